The molecule has 1 rings (SSSR count). The van der Waals surface area contributed by atoms with Gasteiger partial charge in [0.05, 0.1) is 0 Å². The number of rotatable bonds is 58. The molecule has 1 aliphatic heterocycles. The van der Waals surface area contributed by atoms with E-state index in [0.29, 0.717) is 0 Å². The molecule has 0 radical (unpaired) electrons. The van der Waals surface area contributed by atoms with Crippen molar-refractivity contribution in [1.29, 1.82) is 0 Å². The van der Waals surface area contributed by atoms with E-state index < -0.39 is 62.9 Å². The van der Waals surface area contributed by atoms with Crippen LogP contribution in [-0.4, -0.2) is 69.5 Å². The maximum absolute atomic E-state index is 13.0. The van der Waals surface area contributed by atoms with Gasteiger partial charge in [0.2, 0.25) is 0 Å². The lowest BCUT2D eigenvalue weighted by molar-refractivity contribution is -0.291. The Morgan fingerprint density at radius 2 is 0.532 bits per heavy atom. The zero-order valence-corrected chi connectivity index (χ0v) is 54.2. The van der Waals surface area contributed by atoms with Crippen LogP contribution in [0.3, 0.4) is 0 Å². The Hall–Kier alpha value is -1.98. The summed E-state index contributed by atoms with van der Waals surface area (Å²) in [4.78, 5) is 50.6. The van der Waals surface area contributed by atoms with Gasteiger partial charge in [0.25, 0.3) is 0 Å². The summed E-state index contributed by atoms with van der Waals surface area (Å²) in [5.41, 5.74) is 0. The van der Waals surface area contributed by atoms with Crippen molar-refractivity contribution < 1.29 is 47.3 Å². The molecular formula is C68H130O10Si. The largest absolute Gasteiger partial charge is 0.463 e. The van der Waals surface area contributed by atoms with Gasteiger partial charge in [0, 0.05) is 27.7 Å². The molecular weight excluding hydrogens is 1000 g/mol. The summed E-state index contributed by atoms with van der Waals surface area (Å²) >= 11 is 0. The van der Waals surface area contributed by atoms with Gasteiger partial charge in [0.1, 0.15) is 12.7 Å². The van der Waals surface area contributed by atoms with Crippen LogP contribution in [0.4, 0.5) is 0 Å². The average molecular weight is 1140 g/mol. The van der Waals surface area contributed by atoms with Crippen molar-refractivity contribution in [3.05, 3.63) is 0 Å². The number of carbonyl (C=O) groups is 4. The topological polar surface area (TPSA) is 124 Å². The van der Waals surface area contributed by atoms with E-state index in [1.807, 2.05) is 0 Å². The van der Waals surface area contributed by atoms with E-state index in [2.05, 4.69) is 20.8 Å². The minimum Gasteiger partial charge on any atom is -0.463 e. The summed E-state index contributed by atoms with van der Waals surface area (Å²) < 4.78 is 37.4. The van der Waals surface area contributed by atoms with Gasteiger partial charge >= 0.3 is 23.9 Å². The number of hydrogen-bond acceptors (Lipinski definition) is 10. The number of ether oxygens (including phenoxy) is 5. The van der Waals surface area contributed by atoms with Crippen LogP contribution in [0.1, 0.15) is 357 Å². The van der Waals surface area contributed by atoms with Crippen molar-refractivity contribution >= 4 is 32.2 Å². The quantitative estimate of drug-likeness (QED) is 0.0252. The zero-order valence-electron chi connectivity index (χ0n) is 53.2. The number of unbranched alkanes of at least 4 members (excludes halogenated alkanes) is 45. The molecule has 0 bridgehead atoms. The molecule has 1 saturated heterocycles. The first kappa shape index (κ1) is 75.0. The molecule has 0 amide bonds. The molecule has 0 aliphatic carbocycles. The molecule has 11 heteroatoms. The smallest absolute Gasteiger partial charge is 0.303 e. The first-order valence-electron chi connectivity index (χ1n) is 34.5. The summed E-state index contributed by atoms with van der Waals surface area (Å²) in [6.07, 6.45) is 57.4. The molecule has 0 saturated carbocycles. The molecule has 1 fully saturated rings. The second-order valence-electron chi connectivity index (χ2n) is 24.5. The number of carbonyl (C=O) groups excluding carboxylic acids is 4. The molecule has 0 unspecified atom stereocenters. The van der Waals surface area contributed by atoms with Gasteiger partial charge in [0.15, 0.2) is 32.9 Å². The fourth-order valence-electron chi connectivity index (χ4n) is 12.1. The highest BCUT2D eigenvalue weighted by Crippen LogP contribution is 2.38. The second-order valence-corrected chi connectivity index (χ2v) is 28.6. The minimum absolute atomic E-state index is 0.246. The Labute approximate surface area is 489 Å². The number of esters is 4. The number of hydrogen-bond donors (Lipinski definition) is 0. The van der Waals surface area contributed by atoms with Gasteiger partial charge in [-0.25, -0.2) is 0 Å². The lowest BCUT2D eigenvalue weighted by Crippen LogP contribution is -2.64. The average Bonchev–Trinajstić information content (AvgIpc) is 3.45. The van der Waals surface area contributed by atoms with Crippen LogP contribution in [0.2, 0.25) is 18.1 Å². The van der Waals surface area contributed by atoms with Gasteiger partial charge in [-0.1, -0.05) is 329 Å². The highest BCUT2D eigenvalue weighted by atomic mass is 28.4. The summed E-state index contributed by atoms with van der Waals surface area (Å²) in [6, 6.07) is 2.90. The standard InChI is InChI=1S/C68H130O10Si/c1-8-11-14-17-20-23-26-29-32-35-38-41-44-47-50-53-56-79(57-54-51-48-45-42-39-36-33-30-27-24-21-18-15-12-9-2,58-55-52-49-46-43-40-37-34-31-28-25-22-19-16-13-10-3)78-68-67(76-63(7)72)66(75-62(6)71)65(74-61(5)70)64(77-68)59-73-60(4)69/h64-68H,8-59H2,1-7H3/t64-,65-,66+,67-,68+/m1/s1. The van der Waals surface area contributed by atoms with E-state index in [9.17, 15) is 19.2 Å². The fourth-order valence-corrected chi connectivity index (χ4v) is 16.5. The normalized spacial score (nSPS) is 17.5. The molecule has 0 spiro atoms. The Kier molecular flexibility index (Phi) is 51.3. The molecule has 1 heterocycles. The third-order valence-electron chi connectivity index (χ3n) is 16.8. The molecule has 1 aliphatic rings. The van der Waals surface area contributed by atoms with E-state index in [0.717, 1.165) is 56.7 Å². The maximum Gasteiger partial charge on any atom is 0.303 e. The molecule has 5 atom stereocenters. The van der Waals surface area contributed by atoms with Crippen molar-refractivity contribution in [3.8, 4) is 0 Å². The Balaban J connectivity index is 3.19. The van der Waals surface area contributed by atoms with Crippen LogP contribution >= 0.6 is 0 Å². The Morgan fingerprint density at radius 3 is 0.772 bits per heavy atom. The Morgan fingerprint density at radius 1 is 0.304 bits per heavy atom. The highest BCUT2D eigenvalue weighted by Gasteiger charge is 2.54. The van der Waals surface area contributed by atoms with E-state index >= 15 is 0 Å². The molecule has 0 N–H and O–H groups in total. The predicted octanol–water partition coefficient (Wildman–Crippen LogP) is 20.8. The van der Waals surface area contributed by atoms with E-state index in [1.165, 1.54) is 297 Å². The molecule has 79 heavy (non-hydrogen) atoms. The monoisotopic (exact) mass is 1130 g/mol. The summed E-state index contributed by atoms with van der Waals surface area (Å²) in [6.45, 7) is 11.8. The van der Waals surface area contributed by atoms with Crippen LogP contribution < -0.4 is 0 Å². The third-order valence-corrected chi connectivity index (χ3v) is 21.3. The van der Waals surface area contributed by atoms with Gasteiger partial charge in [-0.05, 0) is 18.1 Å². The van der Waals surface area contributed by atoms with Gasteiger partial charge < -0.3 is 28.1 Å². The molecule has 0 aromatic carbocycles. The molecule has 10 nitrogen and oxygen atoms in total. The van der Waals surface area contributed by atoms with Crippen LogP contribution in [0.25, 0.3) is 0 Å². The lowest BCUT2D eigenvalue weighted by atomic mass is 9.98. The summed E-state index contributed by atoms with van der Waals surface area (Å²) in [5, 5.41) is 0. The predicted molar refractivity (Wildman–Crippen MR) is 332 cm³/mol. The second kappa shape index (κ2) is 54.0. The van der Waals surface area contributed by atoms with Crippen molar-refractivity contribution in [2.45, 2.75) is 406 Å². The van der Waals surface area contributed by atoms with Crippen molar-refractivity contribution in [2.24, 2.45) is 0 Å². The van der Waals surface area contributed by atoms with Gasteiger partial charge in [-0.15, -0.1) is 0 Å². The maximum atomic E-state index is 13.0. The van der Waals surface area contributed by atoms with E-state index in [4.69, 9.17) is 28.1 Å². The van der Waals surface area contributed by atoms with Crippen molar-refractivity contribution in [2.75, 3.05) is 6.61 Å². The SMILES string of the molecule is CCCCCCCCCCCCCCCCCC[Si](CCCCCCCCCCCCCCCCCC)(CCCCCCCCCCCCCCCCCC)O[C@@H]1O[C@H](COC(C)=O)[C@@H](OC(C)=O)[C@H](OC(C)=O)[C@H]1OC(C)=O. The molecule has 466 valence electrons. The van der Waals surface area contributed by atoms with Gasteiger partial charge in [-0.2, -0.15) is 0 Å². The van der Waals surface area contributed by atoms with Crippen molar-refractivity contribution in [3.63, 3.8) is 0 Å². The van der Waals surface area contributed by atoms with E-state index in [-0.39, 0.29) is 6.61 Å². The first-order valence-corrected chi connectivity index (χ1v) is 37.0. The summed E-state index contributed by atoms with van der Waals surface area (Å²) in [5.74, 6) is -2.35. The molecule has 0 aromatic rings. The summed E-state index contributed by atoms with van der Waals surface area (Å²) in [7, 11) is -2.67. The van der Waals surface area contributed by atoms with Crippen LogP contribution in [0, 0.1) is 0 Å². The first-order chi connectivity index (χ1) is 38.5. The minimum atomic E-state index is -2.67. The van der Waals surface area contributed by atoms with E-state index in [1.54, 1.807) is 0 Å². The van der Waals surface area contributed by atoms with Crippen LogP contribution in [-0.2, 0) is 47.3 Å². The zero-order chi connectivity index (χ0) is 57.7. The van der Waals surface area contributed by atoms with Crippen LogP contribution in [0.5, 0.6) is 0 Å². The van der Waals surface area contributed by atoms with Crippen LogP contribution in [0.15, 0.2) is 0 Å². The Bertz CT molecular complexity index is 1320. The molecule has 0 aromatic heterocycles. The fraction of sp³-hybridized carbons (Fsp3) is 0.941. The van der Waals surface area contributed by atoms with Gasteiger partial charge in [-0.3, -0.25) is 19.2 Å². The lowest BCUT2D eigenvalue weighted by Gasteiger charge is -2.47. The van der Waals surface area contributed by atoms with Crippen molar-refractivity contribution in [1.82, 2.24) is 0 Å². The highest BCUT2D eigenvalue weighted by molar-refractivity contribution is 6.73. The third kappa shape index (κ3) is 44.2.